The van der Waals surface area contributed by atoms with Crippen LogP contribution in [-0.2, 0) is 0 Å². The Balaban J connectivity index is 2.18. The summed E-state index contributed by atoms with van der Waals surface area (Å²) in [6, 6.07) is 0. The molecule has 2 heterocycles. The number of rotatable bonds is 5. The maximum absolute atomic E-state index is 9.91. The van der Waals surface area contributed by atoms with Gasteiger partial charge >= 0.3 is 0 Å². The summed E-state index contributed by atoms with van der Waals surface area (Å²) in [5, 5.41) is 16.8. The van der Waals surface area contributed by atoms with E-state index in [1.807, 2.05) is 6.92 Å². The molecule has 0 fully saturated rings. The average molecular weight is 264 g/mol. The standard InChI is InChI=1S/C10H16N8O/c1-3-10(2,19)4-13-8-15-7(11)16-9(17-8)18-6-12-5-14-18/h5-6,19H,3-4H2,1-2H3,(H3,11,13,15,16,17). The highest BCUT2D eigenvalue weighted by atomic mass is 16.3. The topological polar surface area (TPSA) is 128 Å². The van der Waals surface area contributed by atoms with Gasteiger partial charge in [-0.1, -0.05) is 6.92 Å². The van der Waals surface area contributed by atoms with Crippen molar-refractivity contribution in [3.63, 3.8) is 0 Å². The van der Waals surface area contributed by atoms with Gasteiger partial charge in [0.25, 0.3) is 5.95 Å². The molecule has 102 valence electrons. The highest BCUT2D eigenvalue weighted by Crippen LogP contribution is 2.11. The van der Waals surface area contributed by atoms with E-state index >= 15 is 0 Å². The Hall–Kier alpha value is -2.29. The van der Waals surface area contributed by atoms with Crippen LogP contribution in [0.5, 0.6) is 0 Å². The van der Waals surface area contributed by atoms with E-state index in [4.69, 9.17) is 5.73 Å². The predicted molar refractivity (Wildman–Crippen MR) is 68.6 cm³/mol. The minimum absolute atomic E-state index is 0.0686. The third kappa shape index (κ3) is 3.35. The van der Waals surface area contributed by atoms with E-state index in [1.165, 1.54) is 17.3 Å². The summed E-state index contributed by atoms with van der Waals surface area (Å²) in [6.07, 6.45) is 3.44. The van der Waals surface area contributed by atoms with E-state index in [0.717, 1.165) is 0 Å². The summed E-state index contributed by atoms with van der Waals surface area (Å²) in [4.78, 5) is 15.9. The van der Waals surface area contributed by atoms with Crippen LogP contribution < -0.4 is 11.1 Å². The van der Waals surface area contributed by atoms with Crippen molar-refractivity contribution < 1.29 is 5.11 Å². The predicted octanol–water partition coefficient (Wildman–Crippen LogP) is -0.393. The van der Waals surface area contributed by atoms with Crippen molar-refractivity contribution in [3.8, 4) is 5.95 Å². The molecule has 2 aromatic rings. The molecule has 0 spiro atoms. The maximum Gasteiger partial charge on any atom is 0.258 e. The average Bonchev–Trinajstić information content (AvgIpc) is 2.90. The second-order valence-corrected chi connectivity index (χ2v) is 4.36. The summed E-state index contributed by atoms with van der Waals surface area (Å²) in [7, 11) is 0. The largest absolute Gasteiger partial charge is 0.388 e. The smallest absolute Gasteiger partial charge is 0.258 e. The van der Waals surface area contributed by atoms with Gasteiger partial charge < -0.3 is 16.2 Å². The zero-order chi connectivity index (χ0) is 13.9. The van der Waals surface area contributed by atoms with Crippen LogP contribution in [0.2, 0.25) is 0 Å². The Labute approximate surface area is 109 Å². The molecule has 0 bridgehead atoms. The monoisotopic (exact) mass is 264 g/mol. The van der Waals surface area contributed by atoms with Crippen LogP contribution in [0.15, 0.2) is 12.7 Å². The quantitative estimate of drug-likeness (QED) is 0.666. The molecule has 0 saturated carbocycles. The van der Waals surface area contributed by atoms with Crippen LogP contribution in [0.3, 0.4) is 0 Å². The number of aliphatic hydroxyl groups is 1. The summed E-state index contributed by atoms with van der Waals surface area (Å²) >= 11 is 0. The number of nitrogens with zero attached hydrogens (tertiary/aromatic N) is 6. The Morgan fingerprint density at radius 2 is 2.21 bits per heavy atom. The van der Waals surface area contributed by atoms with Gasteiger partial charge in [0.1, 0.15) is 12.7 Å². The first-order chi connectivity index (χ1) is 9.00. The van der Waals surface area contributed by atoms with E-state index in [9.17, 15) is 5.11 Å². The van der Waals surface area contributed by atoms with Gasteiger partial charge in [-0.25, -0.2) is 4.98 Å². The van der Waals surface area contributed by atoms with E-state index in [1.54, 1.807) is 6.92 Å². The van der Waals surface area contributed by atoms with Gasteiger partial charge in [-0.05, 0) is 13.3 Å². The van der Waals surface area contributed by atoms with Crippen LogP contribution in [0.25, 0.3) is 5.95 Å². The molecule has 9 nitrogen and oxygen atoms in total. The van der Waals surface area contributed by atoms with E-state index < -0.39 is 5.60 Å². The first kappa shape index (κ1) is 13.1. The molecule has 9 heteroatoms. The van der Waals surface area contributed by atoms with Gasteiger partial charge in [0.2, 0.25) is 11.9 Å². The number of nitrogen functional groups attached to an aromatic ring is 1. The molecular weight excluding hydrogens is 248 g/mol. The van der Waals surface area contributed by atoms with Crippen molar-refractivity contribution in [3.05, 3.63) is 12.7 Å². The summed E-state index contributed by atoms with van der Waals surface area (Å²) in [6.45, 7) is 3.93. The number of anilines is 2. The Morgan fingerprint density at radius 3 is 2.84 bits per heavy atom. The van der Waals surface area contributed by atoms with E-state index in [0.29, 0.717) is 13.0 Å². The lowest BCUT2D eigenvalue weighted by Crippen LogP contribution is -2.33. The lowest BCUT2D eigenvalue weighted by Gasteiger charge is -2.21. The molecule has 0 radical (unpaired) electrons. The van der Waals surface area contributed by atoms with Crippen molar-refractivity contribution in [2.45, 2.75) is 25.9 Å². The number of nitrogens with two attached hydrogens (primary N) is 1. The van der Waals surface area contributed by atoms with Crippen molar-refractivity contribution in [1.29, 1.82) is 0 Å². The molecule has 0 saturated heterocycles. The molecule has 2 rings (SSSR count). The van der Waals surface area contributed by atoms with Crippen molar-refractivity contribution in [2.75, 3.05) is 17.6 Å². The minimum Gasteiger partial charge on any atom is -0.388 e. The first-order valence-electron chi connectivity index (χ1n) is 5.83. The third-order valence-corrected chi connectivity index (χ3v) is 2.65. The Morgan fingerprint density at radius 1 is 1.42 bits per heavy atom. The number of aromatic nitrogens is 6. The molecular formula is C10H16N8O. The van der Waals surface area contributed by atoms with Crippen LogP contribution in [0.1, 0.15) is 20.3 Å². The van der Waals surface area contributed by atoms with Gasteiger partial charge in [0.15, 0.2) is 0 Å². The number of hydrogen-bond acceptors (Lipinski definition) is 8. The summed E-state index contributed by atoms with van der Waals surface area (Å²) < 4.78 is 1.38. The van der Waals surface area contributed by atoms with Crippen molar-refractivity contribution in [1.82, 2.24) is 29.7 Å². The Kier molecular flexibility index (Phi) is 3.56. The van der Waals surface area contributed by atoms with Crippen molar-refractivity contribution in [2.24, 2.45) is 0 Å². The van der Waals surface area contributed by atoms with Gasteiger partial charge in [-0.15, -0.1) is 0 Å². The fraction of sp³-hybridized carbons (Fsp3) is 0.500. The Bertz CT molecular complexity index is 538. The summed E-state index contributed by atoms with van der Waals surface area (Å²) in [5.74, 6) is 0.620. The summed E-state index contributed by atoms with van der Waals surface area (Å²) in [5.41, 5.74) is 4.77. The molecule has 1 atom stereocenters. The van der Waals surface area contributed by atoms with Gasteiger partial charge in [-0.2, -0.15) is 24.7 Å². The molecule has 19 heavy (non-hydrogen) atoms. The second kappa shape index (κ2) is 5.14. The first-order valence-corrected chi connectivity index (χ1v) is 5.83. The highest BCUT2D eigenvalue weighted by molar-refractivity contribution is 5.34. The van der Waals surface area contributed by atoms with Crippen LogP contribution in [0.4, 0.5) is 11.9 Å². The van der Waals surface area contributed by atoms with E-state index in [-0.39, 0.29) is 17.8 Å². The fourth-order valence-corrected chi connectivity index (χ4v) is 1.27. The van der Waals surface area contributed by atoms with Crippen LogP contribution in [-0.4, -0.2) is 47.0 Å². The molecule has 0 aliphatic heterocycles. The minimum atomic E-state index is -0.838. The van der Waals surface area contributed by atoms with Gasteiger partial charge in [0, 0.05) is 6.54 Å². The second-order valence-electron chi connectivity index (χ2n) is 4.36. The molecule has 0 aromatic carbocycles. The maximum atomic E-state index is 9.91. The number of hydrogen-bond donors (Lipinski definition) is 3. The molecule has 1 unspecified atom stereocenters. The van der Waals surface area contributed by atoms with Crippen LogP contribution >= 0.6 is 0 Å². The lowest BCUT2D eigenvalue weighted by atomic mass is 10.0. The van der Waals surface area contributed by atoms with Crippen LogP contribution in [0, 0.1) is 0 Å². The zero-order valence-electron chi connectivity index (χ0n) is 10.8. The molecule has 2 aromatic heterocycles. The normalized spacial score (nSPS) is 14.1. The highest BCUT2D eigenvalue weighted by Gasteiger charge is 2.18. The van der Waals surface area contributed by atoms with E-state index in [2.05, 4.69) is 30.4 Å². The third-order valence-electron chi connectivity index (χ3n) is 2.65. The molecule has 0 aliphatic carbocycles. The fourth-order valence-electron chi connectivity index (χ4n) is 1.27. The zero-order valence-corrected chi connectivity index (χ0v) is 10.8. The van der Waals surface area contributed by atoms with Gasteiger partial charge in [-0.3, -0.25) is 0 Å². The lowest BCUT2D eigenvalue weighted by molar-refractivity contribution is 0.0695. The molecule has 4 N–H and O–H groups in total. The molecule has 0 aliphatic rings. The van der Waals surface area contributed by atoms with Crippen molar-refractivity contribution >= 4 is 11.9 Å². The number of nitrogens with one attached hydrogen (secondary N) is 1. The van der Waals surface area contributed by atoms with Gasteiger partial charge in [0.05, 0.1) is 5.60 Å². The SMILES string of the molecule is CCC(C)(O)CNc1nc(N)nc(-n2cncn2)n1. The molecule has 0 amide bonds.